The minimum atomic E-state index is 0.575. The predicted molar refractivity (Wildman–Crippen MR) is 81.1 cm³/mol. The fourth-order valence-electron chi connectivity index (χ4n) is 2.16. The molecule has 3 nitrogen and oxygen atoms in total. The molecule has 0 aliphatic carbocycles. The van der Waals surface area contributed by atoms with Gasteiger partial charge in [-0.3, -0.25) is 4.90 Å². The maximum atomic E-state index is 5.62. The highest BCUT2D eigenvalue weighted by Gasteiger charge is 2.13. The molecule has 19 heavy (non-hydrogen) atoms. The molecule has 0 aliphatic rings. The zero-order valence-electron chi connectivity index (χ0n) is 13.2. The molecule has 110 valence electrons. The van der Waals surface area contributed by atoms with Crippen LogP contribution in [0.15, 0.2) is 16.7 Å². The molecule has 0 unspecified atom stereocenters. The second kappa shape index (κ2) is 8.39. The summed E-state index contributed by atoms with van der Waals surface area (Å²) in [7, 11) is 0. The summed E-state index contributed by atoms with van der Waals surface area (Å²) in [5.74, 6) is 1.76. The lowest BCUT2D eigenvalue weighted by molar-refractivity contribution is 0.211. The molecule has 0 amide bonds. The number of rotatable bonds is 9. The van der Waals surface area contributed by atoms with Gasteiger partial charge in [0.25, 0.3) is 0 Å². The highest BCUT2D eigenvalue weighted by atomic mass is 16.3. The van der Waals surface area contributed by atoms with E-state index in [4.69, 9.17) is 4.42 Å². The van der Waals surface area contributed by atoms with Crippen LogP contribution in [-0.4, -0.2) is 24.0 Å². The Kier molecular flexibility index (Phi) is 7.17. The number of hydrogen-bond acceptors (Lipinski definition) is 3. The molecule has 0 aromatic carbocycles. The summed E-state index contributed by atoms with van der Waals surface area (Å²) < 4.78 is 5.62. The van der Waals surface area contributed by atoms with E-state index in [-0.39, 0.29) is 0 Å². The van der Waals surface area contributed by atoms with Gasteiger partial charge in [-0.2, -0.15) is 0 Å². The van der Waals surface area contributed by atoms with E-state index in [1.165, 1.54) is 12.0 Å². The highest BCUT2D eigenvalue weighted by Crippen LogP contribution is 2.15. The van der Waals surface area contributed by atoms with Gasteiger partial charge in [0.2, 0.25) is 0 Å². The van der Waals surface area contributed by atoms with Gasteiger partial charge in [0, 0.05) is 18.2 Å². The van der Waals surface area contributed by atoms with Crippen molar-refractivity contribution in [3.05, 3.63) is 23.7 Å². The van der Waals surface area contributed by atoms with Crippen molar-refractivity contribution in [2.75, 3.05) is 13.1 Å². The Morgan fingerprint density at radius 3 is 2.58 bits per heavy atom. The number of hydrogen-bond donors (Lipinski definition) is 1. The lowest BCUT2D eigenvalue weighted by Crippen LogP contribution is -2.31. The third kappa shape index (κ3) is 5.79. The van der Waals surface area contributed by atoms with Gasteiger partial charge >= 0.3 is 0 Å². The Hall–Kier alpha value is -0.800. The summed E-state index contributed by atoms with van der Waals surface area (Å²) in [6.07, 6.45) is 3.00. The van der Waals surface area contributed by atoms with E-state index in [2.05, 4.69) is 50.9 Å². The maximum Gasteiger partial charge on any atom is 0.122 e. The van der Waals surface area contributed by atoms with E-state index in [1.54, 1.807) is 0 Å². The van der Waals surface area contributed by atoms with Crippen LogP contribution < -0.4 is 5.32 Å². The van der Waals surface area contributed by atoms with Gasteiger partial charge in [0.05, 0.1) is 12.8 Å². The van der Waals surface area contributed by atoms with Crippen molar-refractivity contribution in [1.29, 1.82) is 0 Å². The Morgan fingerprint density at radius 2 is 2.00 bits per heavy atom. The van der Waals surface area contributed by atoms with Crippen molar-refractivity contribution in [3.63, 3.8) is 0 Å². The molecule has 3 heteroatoms. The number of nitrogens with zero attached hydrogens (tertiary/aromatic N) is 1. The predicted octanol–water partition coefficient (Wildman–Crippen LogP) is 3.65. The van der Waals surface area contributed by atoms with Crippen LogP contribution in [0.25, 0.3) is 0 Å². The van der Waals surface area contributed by atoms with Crippen molar-refractivity contribution in [3.8, 4) is 0 Å². The molecule has 0 atom stereocenters. The monoisotopic (exact) mass is 266 g/mol. The summed E-state index contributed by atoms with van der Waals surface area (Å²) >= 11 is 0. The summed E-state index contributed by atoms with van der Waals surface area (Å²) in [4.78, 5) is 2.50. The first-order valence-corrected chi connectivity index (χ1v) is 7.54. The van der Waals surface area contributed by atoms with Crippen LogP contribution in [0.4, 0.5) is 0 Å². The van der Waals surface area contributed by atoms with Crippen molar-refractivity contribution < 1.29 is 4.42 Å². The highest BCUT2D eigenvalue weighted by molar-refractivity contribution is 5.17. The van der Waals surface area contributed by atoms with Crippen LogP contribution >= 0.6 is 0 Å². The lowest BCUT2D eigenvalue weighted by atomic mass is 10.2. The Labute approximate surface area is 118 Å². The van der Waals surface area contributed by atoms with Crippen molar-refractivity contribution in [1.82, 2.24) is 10.2 Å². The van der Waals surface area contributed by atoms with Crippen LogP contribution in [0.3, 0.4) is 0 Å². The zero-order chi connectivity index (χ0) is 14.3. The van der Waals surface area contributed by atoms with Gasteiger partial charge in [-0.15, -0.1) is 0 Å². The maximum absolute atomic E-state index is 5.62. The van der Waals surface area contributed by atoms with Gasteiger partial charge in [-0.25, -0.2) is 0 Å². The van der Waals surface area contributed by atoms with E-state index >= 15 is 0 Å². The molecule has 0 aliphatic heterocycles. The molecule has 1 aromatic heterocycles. The molecule has 0 bridgehead atoms. The molecule has 1 N–H and O–H groups in total. The second-order valence-corrected chi connectivity index (χ2v) is 5.96. The van der Waals surface area contributed by atoms with Crippen LogP contribution in [-0.2, 0) is 13.1 Å². The third-order valence-electron chi connectivity index (χ3n) is 3.29. The zero-order valence-corrected chi connectivity index (χ0v) is 13.2. The summed E-state index contributed by atoms with van der Waals surface area (Å²) in [5, 5.41) is 3.45. The van der Waals surface area contributed by atoms with Crippen LogP contribution in [0.1, 0.15) is 52.4 Å². The van der Waals surface area contributed by atoms with Gasteiger partial charge in [0.15, 0.2) is 0 Å². The van der Waals surface area contributed by atoms with Crippen LogP contribution in [0.2, 0.25) is 0 Å². The van der Waals surface area contributed by atoms with E-state index < -0.39 is 0 Å². The van der Waals surface area contributed by atoms with Crippen molar-refractivity contribution in [2.24, 2.45) is 5.92 Å². The largest absolute Gasteiger partial charge is 0.468 e. The van der Waals surface area contributed by atoms with E-state index in [0.29, 0.717) is 12.0 Å². The Balaban J connectivity index is 2.55. The molecule has 0 fully saturated rings. The first-order chi connectivity index (χ1) is 9.04. The molecular formula is C16H30N2O. The molecule has 1 aromatic rings. The van der Waals surface area contributed by atoms with Gasteiger partial charge in [-0.1, -0.05) is 20.8 Å². The normalized spacial score (nSPS) is 12.0. The van der Waals surface area contributed by atoms with Crippen molar-refractivity contribution >= 4 is 0 Å². The Bertz CT molecular complexity index is 344. The van der Waals surface area contributed by atoms with Crippen molar-refractivity contribution in [2.45, 2.75) is 60.2 Å². The van der Waals surface area contributed by atoms with E-state index in [9.17, 15) is 0 Å². The van der Waals surface area contributed by atoms with E-state index in [1.807, 2.05) is 6.26 Å². The van der Waals surface area contributed by atoms with Gasteiger partial charge in [-0.05, 0) is 45.3 Å². The minimum absolute atomic E-state index is 0.575. The first kappa shape index (κ1) is 16.3. The fraction of sp³-hybridized carbons (Fsp3) is 0.750. The first-order valence-electron chi connectivity index (χ1n) is 7.54. The smallest absolute Gasteiger partial charge is 0.122 e. The standard InChI is InChI=1S/C16H30N2O/c1-6-8-18(14(4)5)12-15-7-9-19-16(15)11-17-10-13(2)3/h7,9,13-14,17H,6,8,10-12H2,1-5H3. The summed E-state index contributed by atoms with van der Waals surface area (Å²) in [5.41, 5.74) is 1.32. The number of furan rings is 1. The Morgan fingerprint density at radius 1 is 1.26 bits per heavy atom. The molecule has 0 saturated heterocycles. The summed E-state index contributed by atoms with van der Waals surface area (Å²) in [6, 6.07) is 2.68. The molecule has 0 radical (unpaired) electrons. The molecule has 0 saturated carbocycles. The van der Waals surface area contributed by atoms with Crippen LogP contribution in [0.5, 0.6) is 0 Å². The molecule has 1 heterocycles. The molecular weight excluding hydrogens is 236 g/mol. The van der Waals surface area contributed by atoms with Gasteiger partial charge in [0.1, 0.15) is 5.76 Å². The van der Waals surface area contributed by atoms with E-state index in [0.717, 1.165) is 31.9 Å². The van der Waals surface area contributed by atoms with Gasteiger partial charge < -0.3 is 9.73 Å². The molecule has 1 rings (SSSR count). The quantitative estimate of drug-likeness (QED) is 0.739. The average Bonchev–Trinajstić information content (AvgIpc) is 2.75. The molecule has 0 spiro atoms. The van der Waals surface area contributed by atoms with Crippen LogP contribution in [0, 0.1) is 5.92 Å². The fourth-order valence-corrected chi connectivity index (χ4v) is 2.16. The minimum Gasteiger partial charge on any atom is -0.468 e. The SMILES string of the molecule is CCCN(Cc1ccoc1CNCC(C)C)C(C)C. The topological polar surface area (TPSA) is 28.4 Å². The summed E-state index contributed by atoms with van der Waals surface area (Å²) in [6.45, 7) is 15.2. The second-order valence-electron chi connectivity index (χ2n) is 5.96. The third-order valence-corrected chi connectivity index (χ3v) is 3.29. The lowest BCUT2D eigenvalue weighted by Gasteiger charge is -2.25. The average molecular weight is 266 g/mol. The number of nitrogens with one attached hydrogen (secondary N) is 1.